The van der Waals surface area contributed by atoms with Crippen molar-refractivity contribution in [1.82, 2.24) is 30.0 Å². The van der Waals surface area contributed by atoms with E-state index >= 15 is 0 Å². The quantitative estimate of drug-likeness (QED) is 0.589. The second-order valence-corrected chi connectivity index (χ2v) is 7.90. The number of piperazine rings is 1. The van der Waals surface area contributed by atoms with Crippen LogP contribution in [0, 0.1) is 11.3 Å². The molecule has 3 aromatic rings. The maximum absolute atomic E-state index is 12.7. The molecule has 1 aliphatic heterocycles. The van der Waals surface area contributed by atoms with Gasteiger partial charge in [0.25, 0.3) is 0 Å². The van der Waals surface area contributed by atoms with Gasteiger partial charge in [0, 0.05) is 32.7 Å². The predicted molar refractivity (Wildman–Crippen MR) is 116 cm³/mol. The molecule has 1 saturated heterocycles. The summed E-state index contributed by atoms with van der Waals surface area (Å²) >= 11 is 6.12. The van der Waals surface area contributed by atoms with Crippen molar-refractivity contribution >= 4 is 17.5 Å². The zero-order chi connectivity index (χ0) is 21.6. The zero-order valence-corrected chi connectivity index (χ0v) is 17.7. The predicted octanol–water partition coefficient (Wildman–Crippen LogP) is 2.12. The first-order chi connectivity index (χ1) is 15.1. The van der Waals surface area contributed by atoms with Gasteiger partial charge in [0.1, 0.15) is 12.4 Å². The van der Waals surface area contributed by atoms with Gasteiger partial charge < -0.3 is 4.90 Å². The van der Waals surface area contributed by atoms with E-state index in [9.17, 15) is 4.79 Å². The molecule has 158 valence electrons. The molecule has 9 heteroatoms. The monoisotopic (exact) mass is 435 g/mol. The minimum Gasteiger partial charge on any atom is -0.340 e. The lowest BCUT2D eigenvalue weighted by Gasteiger charge is -2.34. The summed E-state index contributed by atoms with van der Waals surface area (Å²) in [6, 6.07) is 15.4. The number of hydrogen-bond donors (Lipinski definition) is 0. The van der Waals surface area contributed by atoms with Gasteiger partial charge >= 0.3 is 0 Å². The van der Waals surface area contributed by atoms with Gasteiger partial charge in [-0.1, -0.05) is 29.8 Å². The number of benzene rings is 2. The number of nitrogens with zero attached hydrogens (tertiary/aromatic N) is 7. The van der Waals surface area contributed by atoms with Crippen LogP contribution in [-0.4, -0.2) is 68.6 Å². The van der Waals surface area contributed by atoms with Gasteiger partial charge in [-0.2, -0.15) is 5.26 Å². The highest BCUT2D eigenvalue weighted by molar-refractivity contribution is 6.31. The number of aromatic nitrogens is 4. The molecule has 0 spiro atoms. The summed E-state index contributed by atoms with van der Waals surface area (Å²) in [7, 11) is 0. The highest BCUT2D eigenvalue weighted by Gasteiger charge is 2.21. The fourth-order valence-electron chi connectivity index (χ4n) is 3.65. The highest BCUT2D eigenvalue weighted by Crippen LogP contribution is 2.18. The molecule has 0 aliphatic carbocycles. The largest absolute Gasteiger partial charge is 0.340 e. The normalized spacial score (nSPS) is 14.4. The Balaban J connectivity index is 1.23. The summed E-state index contributed by atoms with van der Waals surface area (Å²) in [5, 5.41) is 20.6. The molecule has 1 aliphatic rings. The molecular formula is C22H22ClN7O. The molecule has 8 nitrogen and oxygen atoms in total. The molecule has 2 aromatic carbocycles. The Morgan fingerprint density at radius 3 is 2.45 bits per heavy atom. The van der Waals surface area contributed by atoms with Crippen LogP contribution in [0.1, 0.15) is 16.7 Å². The molecule has 2 heterocycles. The van der Waals surface area contributed by atoms with E-state index in [4.69, 9.17) is 16.9 Å². The molecule has 1 aromatic heterocycles. The molecule has 1 amide bonds. The minimum absolute atomic E-state index is 0.147. The minimum atomic E-state index is 0.147. The standard InChI is InChI=1S/C22H22ClN7O/c23-21-13-18(1-4-19(21)15-24)7-8-28-9-11-29(12-10-28)22(31)14-17-2-5-20(6-3-17)30-16-25-26-27-30/h1-6,13,16H,7-12,14H2. The van der Waals surface area contributed by atoms with Crippen LogP contribution in [0.2, 0.25) is 5.02 Å². The Kier molecular flexibility index (Phi) is 6.55. The summed E-state index contributed by atoms with van der Waals surface area (Å²) in [6.07, 6.45) is 2.79. The number of rotatable bonds is 6. The number of tetrazole rings is 1. The van der Waals surface area contributed by atoms with Gasteiger partial charge in [0.2, 0.25) is 5.91 Å². The number of nitriles is 1. The topological polar surface area (TPSA) is 90.9 Å². The third-order valence-corrected chi connectivity index (χ3v) is 5.81. The molecule has 0 N–H and O–H groups in total. The van der Waals surface area contributed by atoms with Crippen molar-refractivity contribution in [3.8, 4) is 11.8 Å². The zero-order valence-electron chi connectivity index (χ0n) is 17.0. The van der Waals surface area contributed by atoms with Crippen LogP contribution in [0.3, 0.4) is 0 Å². The molecular weight excluding hydrogens is 414 g/mol. The van der Waals surface area contributed by atoms with Crippen molar-refractivity contribution in [3.05, 3.63) is 70.5 Å². The van der Waals surface area contributed by atoms with Gasteiger partial charge in [0.15, 0.2) is 0 Å². The van der Waals surface area contributed by atoms with Crippen LogP contribution in [-0.2, 0) is 17.6 Å². The first kappa shape index (κ1) is 21.0. The smallest absolute Gasteiger partial charge is 0.227 e. The van der Waals surface area contributed by atoms with E-state index in [2.05, 4.69) is 26.5 Å². The molecule has 4 rings (SSSR count). The van der Waals surface area contributed by atoms with E-state index in [1.807, 2.05) is 41.3 Å². The molecule has 0 bridgehead atoms. The third-order valence-electron chi connectivity index (χ3n) is 5.50. The van der Waals surface area contributed by atoms with Crippen molar-refractivity contribution in [2.24, 2.45) is 0 Å². The number of carbonyl (C=O) groups excluding carboxylic acids is 1. The highest BCUT2D eigenvalue weighted by atomic mass is 35.5. The van der Waals surface area contributed by atoms with Crippen LogP contribution < -0.4 is 0 Å². The average Bonchev–Trinajstić information content (AvgIpc) is 3.33. The lowest BCUT2D eigenvalue weighted by Crippen LogP contribution is -2.49. The molecule has 0 radical (unpaired) electrons. The SMILES string of the molecule is N#Cc1ccc(CCN2CCN(C(=O)Cc3ccc(-n4cnnn4)cc3)CC2)cc1Cl. The van der Waals surface area contributed by atoms with E-state index in [1.165, 1.54) is 6.33 Å². The van der Waals surface area contributed by atoms with Crippen molar-refractivity contribution in [1.29, 1.82) is 5.26 Å². The van der Waals surface area contributed by atoms with E-state index in [0.29, 0.717) is 17.0 Å². The average molecular weight is 436 g/mol. The first-order valence-corrected chi connectivity index (χ1v) is 10.5. The van der Waals surface area contributed by atoms with E-state index in [0.717, 1.165) is 56.0 Å². The van der Waals surface area contributed by atoms with Gasteiger partial charge in [-0.15, -0.1) is 5.10 Å². The van der Waals surface area contributed by atoms with Gasteiger partial charge in [-0.05, 0) is 52.2 Å². The Morgan fingerprint density at radius 1 is 1.06 bits per heavy atom. The van der Waals surface area contributed by atoms with Crippen molar-refractivity contribution in [2.45, 2.75) is 12.8 Å². The summed E-state index contributed by atoms with van der Waals surface area (Å²) in [6.45, 7) is 4.08. The van der Waals surface area contributed by atoms with Crippen LogP contribution in [0.4, 0.5) is 0 Å². The van der Waals surface area contributed by atoms with Gasteiger partial charge in [-0.25, -0.2) is 4.68 Å². The van der Waals surface area contributed by atoms with E-state index in [1.54, 1.807) is 10.7 Å². The van der Waals surface area contributed by atoms with Crippen molar-refractivity contribution in [2.75, 3.05) is 32.7 Å². The van der Waals surface area contributed by atoms with Gasteiger partial charge in [-0.3, -0.25) is 9.69 Å². The van der Waals surface area contributed by atoms with Gasteiger partial charge in [0.05, 0.1) is 22.7 Å². The molecule has 31 heavy (non-hydrogen) atoms. The molecule has 1 fully saturated rings. The fraction of sp³-hybridized carbons (Fsp3) is 0.318. The number of hydrogen-bond acceptors (Lipinski definition) is 6. The lowest BCUT2D eigenvalue weighted by atomic mass is 10.1. The second kappa shape index (κ2) is 9.69. The summed E-state index contributed by atoms with van der Waals surface area (Å²) in [4.78, 5) is 17.0. The molecule has 0 atom stereocenters. The number of halogens is 1. The van der Waals surface area contributed by atoms with Crippen LogP contribution in [0.25, 0.3) is 5.69 Å². The third kappa shape index (κ3) is 5.26. The van der Waals surface area contributed by atoms with Crippen LogP contribution in [0.5, 0.6) is 0 Å². The Hall–Kier alpha value is -3.28. The molecule has 0 saturated carbocycles. The summed E-state index contributed by atoms with van der Waals surface area (Å²) in [5.41, 5.74) is 3.45. The fourth-order valence-corrected chi connectivity index (χ4v) is 3.89. The summed E-state index contributed by atoms with van der Waals surface area (Å²) in [5.74, 6) is 0.147. The maximum atomic E-state index is 12.7. The Bertz CT molecular complexity index is 1070. The first-order valence-electron chi connectivity index (χ1n) is 10.1. The Labute approximate surface area is 185 Å². The van der Waals surface area contributed by atoms with Crippen LogP contribution >= 0.6 is 11.6 Å². The maximum Gasteiger partial charge on any atom is 0.227 e. The van der Waals surface area contributed by atoms with E-state index < -0.39 is 0 Å². The Morgan fingerprint density at radius 2 is 1.81 bits per heavy atom. The lowest BCUT2D eigenvalue weighted by molar-refractivity contribution is -0.132. The van der Waals surface area contributed by atoms with E-state index in [-0.39, 0.29) is 5.91 Å². The van der Waals surface area contributed by atoms with Crippen LogP contribution in [0.15, 0.2) is 48.8 Å². The number of amides is 1. The second-order valence-electron chi connectivity index (χ2n) is 7.50. The summed E-state index contributed by atoms with van der Waals surface area (Å²) < 4.78 is 1.58. The molecule has 0 unspecified atom stereocenters. The van der Waals surface area contributed by atoms with Crippen molar-refractivity contribution < 1.29 is 4.79 Å². The number of carbonyl (C=O) groups is 1. The van der Waals surface area contributed by atoms with Crippen molar-refractivity contribution in [3.63, 3.8) is 0 Å².